The summed E-state index contributed by atoms with van der Waals surface area (Å²) in [6.45, 7) is 6.62. The lowest BCUT2D eigenvalue weighted by Crippen LogP contribution is -2.30. The van der Waals surface area contributed by atoms with Gasteiger partial charge in [-0.3, -0.25) is 14.4 Å². The SMILES string of the molecule is CCCCCCC\C=C/C=C\C=C/CCCCCCCC(=O)OCC(COC(=O)CCCCC/C=C\CCCCCCCC)OC(=O)CCCCCCCCCCCCCCCCCCCC. The van der Waals surface area contributed by atoms with Gasteiger partial charge in [0.15, 0.2) is 6.10 Å². The van der Waals surface area contributed by atoms with Gasteiger partial charge in [-0.25, -0.2) is 0 Å². The smallest absolute Gasteiger partial charge is 0.306 e. The number of unbranched alkanes of at least 4 members (excludes halogenated alkanes) is 36. The van der Waals surface area contributed by atoms with Crippen molar-refractivity contribution in [3.63, 3.8) is 0 Å². The van der Waals surface area contributed by atoms with Gasteiger partial charge in [-0.15, -0.1) is 0 Å². The Kier molecular flexibility index (Phi) is 53.8. The summed E-state index contributed by atoms with van der Waals surface area (Å²) in [6, 6.07) is 0. The quantitative estimate of drug-likeness (QED) is 0.0199. The molecule has 0 spiro atoms. The normalized spacial score (nSPS) is 12.3. The van der Waals surface area contributed by atoms with Crippen molar-refractivity contribution in [1.82, 2.24) is 0 Å². The molecule has 1 unspecified atom stereocenters. The first kappa shape index (κ1) is 64.4. The molecule has 0 aromatic heterocycles. The summed E-state index contributed by atoms with van der Waals surface area (Å²) in [5, 5.41) is 0. The van der Waals surface area contributed by atoms with E-state index in [-0.39, 0.29) is 31.1 Å². The van der Waals surface area contributed by atoms with Crippen molar-refractivity contribution >= 4 is 17.9 Å². The molecular weight excluding hydrogens is 829 g/mol. The molecule has 0 bridgehead atoms. The van der Waals surface area contributed by atoms with Crippen LogP contribution in [0.2, 0.25) is 0 Å². The maximum absolute atomic E-state index is 12.9. The number of ether oxygens (including phenoxy) is 3. The largest absolute Gasteiger partial charge is 0.462 e. The summed E-state index contributed by atoms with van der Waals surface area (Å²) in [6.07, 6.45) is 68.1. The van der Waals surface area contributed by atoms with Crippen molar-refractivity contribution in [2.75, 3.05) is 13.2 Å². The third-order valence-electron chi connectivity index (χ3n) is 12.9. The van der Waals surface area contributed by atoms with E-state index in [4.69, 9.17) is 14.2 Å². The molecule has 0 aliphatic rings. The summed E-state index contributed by atoms with van der Waals surface area (Å²) in [7, 11) is 0. The van der Waals surface area contributed by atoms with Crippen LogP contribution in [0.3, 0.4) is 0 Å². The van der Waals surface area contributed by atoms with E-state index in [2.05, 4.69) is 69.4 Å². The molecule has 0 aliphatic heterocycles. The first-order valence-electron chi connectivity index (χ1n) is 29.2. The van der Waals surface area contributed by atoms with Crippen molar-refractivity contribution < 1.29 is 28.6 Å². The van der Waals surface area contributed by atoms with Crippen molar-refractivity contribution in [3.05, 3.63) is 48.6 Å². The zero-order chi connectivity index (χ0) is 48.6. The minimum atomic E-state index is -0.785. The molecule has 390 valence electrons. The van der Waals surface area contributed by atoms with Gasteiger partial charge in [-0.2, -0.15) is 0 Å². The highest BCUT2D eigenvalue weighted by atomic mass is 16.6. The second kappa shape index (κ2) is 56.0. The first-order valence-corrected chi connectivity index (χ1v) is 29.2. The van der Waals surface area contributed by atoms with Crippen molar-refractivity contribution in [2.24, 2.45) is 0 Å². The monoisotopic (exact) mass is 939 g/mol. The van der Waals surface area contributed by atoms with Crippen molar-refractivity contribution in [1.29, 1.82) is 0 Å². The molecule has 0 aromatic rings. The fourth-order valence-electron chi connectivity index (χ4n) is 8.44. The van der Waals surface area contributed by atoms with Crippen LogP contribution in [-0.4, -0.2) is 37.2 Å². The van der Waals surface area contributed by atoms with E-state index in [1.165, 1.54) is 173 Å². The number of rotatable bonds is 53. The summed E-state index contributed by atoms with van der Waals surface area (Å²) >= 11 is 0. The van der Waals surface area contributed by atoms with E-state index in [0.717, 1.165) is 89.9 Å². The molecule has 6 heteroatoms. The Hall–Kier alpha value is -2.63. The van der Waals surface area contributed by atoms with Crippen molar-refractivity contribution in [3.8, 4) is 0 Å². The molecule has 0 rings (SSSR count). The zero-order valence-electron chi connectivity index (χ0n) is 44.7. The molecule has 0 fully saturated rings. The van der Waals surface area contributed by atoms with Gasteiger partial charge in [0.25, 0.3) is 0 Å². The van der Waals surface area contributed by atoms with Crippen LogP contribution in [0.5, 0.6) is 0 Å². The molecule has 0 amide bonds. The van der Waals surface area contributed by atoms with Crippen LogP contribution in [0.15, 0.2) is 48.6 Å². The molecule has 0 heterocycles. The Morgan fingerprint density at radius 3 is 0.881 bits per heavy atom. The molecule has 0 aliphatic carbocycles. The Bertz CT molecular complexity index is 1170. The van der Waals surface area contributed by atoms with Crippen LogP contribution in [0.25, 0.3) is 0 Å². The van der Waals surface area contributed by atoms with Crippen LogP contribution < -0.4 is 0 Å². The number of carbonyl (C=O) groups is 3. The predicted octanol–water partition coefficient (Wildman–Crippen LogP) is 19.4. The molecule has 0 N–H and O–H groups in total. The number of allylic oxidation sites excluding steroid dienone is 8. The van der Waals surface area contributed by atoms with Crippen LogP contribution >= 0.6 is 0 Å². The van der Waals surface area contributed by atoms with Gasteiger partial charge in [0, 0.05) is 19.3 Å². The Balaban J connectivity index is 4.39. The molecule has 0 radical (unpaired) electrons. The lowest BCUT2D eigenvalue weighted by Gasteiger charge is -2.18. The molecule has 67 heavy (non-hydrogen) atoms. The third-order valence-corrected chi connectivity index (χ3v) is 12.9. The second-order valence-electron chi connectivity index (χ2n) is 19.6. The van der Waals surface area contributed by atoms with E-state index in [0.29, 0.717) is 19.3 Å². The summed E-state index contributed by atoms with van der Waals surface area (Å²) in [5.41, 5.74) is 0. The number of esters is 3. The second-order valence-corrected chi connectivity index (χ2v) is 19.6. The number of hydrogen-bond donors (Lipinski definition) is 0. The highest BCUT2D eigenvalue weighted by Gasteiger charge is 2.19. The minimum Gasteiger partial charge on any atom is -0.462 e. The Labute approximate surface area is 416 Å². The van der Waals surface area contributed by atoms with Crippen LogP contribution in [0.1, 0.15) is 303 Å². The zero-order valence-corrected chi connectivity index (χ0v) is 44.7. The first-order chi connectivity index (χ1) is 33.0. The lowest BCUT2D eigenvalue weighted by molar-refractivity contribution is -0.167. The maximum Gasteiger partial charge on any atom is 0.306 e. The molecule has 6 nitrogen and oxygen atoms in total. The molecule has 1 atom stereocenters. The Morgan fingerprint density at radius 1 is 0.299 bits per heavy atom. The van der Waals surface area contributed by atoms with Crippen LogP contribution in [0.4, 0.5) is 0 Å². The Morgan fingerprint density at radius 2 is 0.552 bits per heavy atom. The number of carbonyl (C=O) groups excluding carboxylic acids is 3. The van der Waals surface area contributed by atoms with E-state index in [1.54, 1.807) is 0 Å². The highest BCUT2D eigenvalue weighted by molar-refractivity contribution is 5.71. The van der Waals surface area contributed by atoms with E-state index >= 15 is 0 Å². The van der Waals surface area contributed by atoms with Gasteiger partial charge in [0.05, 0.1) is 0 Å². The predicted molar refractivity (Wildman–Crippen MR) is 289 cm³/mol. The lowest BCUT2D eigenvalue weighted by atomic mass is 10.0. The van der Waals surface area contributed by atoms with E-state index < -0.39 is 6.10 Å². The summed E-state index contributed by atoms with van der Waals surface area (Å²) in [5.74, 6) is -0.904. The minimum absolute atomic E-state index is 0.0850. The molecule has 0 saturated carbocycles. The van der Waals surface area contributed by atoms with Gasteiger partial charge in [0.1, 0.15) is 13.2 Å². The van der Waals surface area contributed by atoms with Gasteiger partial charge < -0.3 is 14.2 Å². The summed E-state index contributed by atoms with van der Waals surface area (Å²) < 4.78 is 16.8. The average molecular weight is 940 g/mol. The topological polar surface area (TPSA) is 78.9 Å². The van der Waals surface area contributed by atoms with Crippen molar-refractivity contribution in [2.45, 2.75) is 309 Å². The van der Waals surface area contributed by atoms with Crippen LogP contribution in [-0.2, 0) is 28.6 Å². The van der Waals surface area contributed by atoms with Gasteiger partial charge in [-0.1, -0.05) is 262 Å². The maximum atomic E-state index is 12.9. The summed E-state index contributed by atoms with van der Waals surface area (Å²) in [4.78, 5) is 38.1. The average Bonchev–Trinajstić information content (AvgIpc) is 3.33. The molecule has 0 aromatic carbocycles. The van der Waals surface area contributed by atoms with Gasteiger partial charge in [-0.05, 0) is 70.6 Å². The molecule has 0 saturated heterocycles. The van der Waals surface area contributed by atoms with Gasteiger partial charge in [0.2, 0.25) is 0 Å². The van der Waals surface area contributed by atoms with Crippen LogP contribution in [0, 0.1) is 0 Å². The fourth-order valence-corrected chi connectivity index (χ4v) is 8.44. The standard InChI is InChI=1S/C61H110O6/c1-4-7-10-13-16-19-22-25-27-29-31-33-36-39-42-45-48-51-54-60(63)66-57-58(56-65-59(62)53-50-47-44-41-38-35-24-21-18-15-12-9-6-3)67-61(64)55-52-49-46-43-40-37-34-32-30-28-26-23-20-17-14-11-8-5-2/h22,25,27,29,31,33,35,38,58H,4-21,23-24,26,28,30,32,34,36-37,39-57H2,1-3H3/b25-22-,29-27-,33-31-,38-35-. The molecular formula is C61H110O6. The van der Waals surface area contributed by atoms with Gasteiger partial charge >= 0.3 is 17.9 Å². The fraction of sp³-hybridized carbons (Fsp3) is 0.820. The number of hydrogen-bond acceptors (Lipinski definition) is 6. The third kappa shape index (κ3) is 54.2. The van der Waals surface area contributed by atoms with E-state index in [9.17, 15) is 14.4 Å². The highest BCUT2D eigenvalue weighted by Crippen LogP contribution is 2.16. The van der Waals surface area contributed by atoms with E-state index in [1.807, 2.05) is 0 Å².